The Hall–Kier alpha value is -1.75. The summed E-state index contributed by atoms with van der Waals surface area (Å²) in [6.45, 7) is 2.94. The molecule has 5 nitrogen and oxygen atoms in total. The summed E-state index contributed by atoms with van der Waals surface area (Å²) in [5, 5.41) is 2.63. The number of fused-ring (bicyclic) bond motifs is 1. The first-order valence-corrected chi connectivity index (χ1v) is 7.62. The molecule has 0 saturated carbocycles. The van der Waals surface area contributed by atoms with E-state index in [1.165, 1.54) is 0 Å². The normalized spacial score (nSPS) is 10.8. The average molecular weight is 310 g/mol. The molecule has 0 aliphatic carbocycles. The van der Waals surface area contributed by atoms with Crippen LogP contribution < -0.4 is 10.1 Å². The molecule has 2 aromatic rings. The fraction of sp³-hybridized carbons (Fsp3) is 0.467. The van der Waals surface area contributed by atoms with E-state index in [1.807, 2.05) is 22.8 Å². The van der Waals surface area contributed by atoms with Gasteiger partial charge in [0.25, 0.3) is 0 Å². The lowest BCUT2D eigenvalue weighted by atomic mass is 10.3. The molecule has 1 amide bonds. The zero-order valence-electron chi connectivity index (χ0n) is 12.4. The molecule has 1 aromatic carbocycles. The number of imidazole rings is 1. The number of likely N-dealkylation sites (N-methyl/N-ethyl adjacent to an activating group) is 1. The number of aryl methyl sites for hydroxylation is 1. The molecule has 0 bridgehead atoms. The first kappa shape index (κ1) is 15.6. The molecule has 114 valence electrons. The minimum absolute atomic E-state index is 0.0648. The molecular weight excluding hydrogens is 290 g/mol. The lowest BCUT2D eigenvalue weighted by Crippen LogP contribution is -2.24. The van der Waals surface area contributed by atoms with Crippen LogP contribution in [0.3, 0.4) is 0 Å². The van der Waals surface area contributed by atoms with Gasteiger partial charge < -0.3 is 14.6 Å². The van der Waals surface area contributed by atoms with E-state index in [-0.39, 0.29) is 12.5 Å². The Kier molecular flexibility index (Phi) is 5.44. The summed E-state index contributed by atoms with van der Waals surface area (Å²) in [5.41, 5.74) is 1.68. The van der Waals surface area contributed by atoms with Crippen molar-refractivity contribution in [1.82, 2.24) is 14.9 Å². The van der Waals surface area contributed by atoms with Crippen molar-refractivity contribution in [1.29, 1.82) is 0 Å². The average Bonchev–Trinajstić information content (AvgIpc) is 2.84. The van der Waals surface area contributed by atoms with E-state index in [0.717, 1.165) is 29.0 Å². The SMILES string of the molecule is CCCOc1cccc2c1nc(CCCl)n2CC(=O)NC. The Morgan fingerprint density at radius 2 is 2.29 bits per heavy atom. The minimum Gasteiger partial charge on any atom is -0.491 e. The maximum atomic E-state index is 11.7. The van der Waals surface area contributed by atoms with Crippen molar-refractivity contribution in [2.45, 2.75) is 26.3 Å². The highest BCUT2D eigenvalue weighted by Crippen LogP contribution is 2.26. The van der Waals surface area contributed by atoms with Gasteiger partial charge in [0.15, 0.2) is 0 Å². The van der Waals surface area contributed by atoms with Crippen LogP contribution in [-0.2, 0) is 17.8 Å². The van der Waals surface area contributed by atoms with Crippen molar-refractivity contribution in [3.8, 4) is 5.75 Å². The molecule has 0 atom stereocenters. The molecule has 21 heavy (non-hydrogen) atoms. The van der Waals surface area contributed by atoms with Gasteiger partial charge in [-0.05, 0) is 18.6 Å². The van der Waals surface area contributed by atoms with Crippen molar-refractivity contribution >= 4 is 28.5 Å². The number of hydrogen-bond acceptors (Lipinski definition) is 3. The number of hydrogen-bond donors (Lipinski definition) is 1. The summed E-state index contributed by atoms with van der Waals surface area (Å²) in [7, 11) is 1.62. The number of carbonyl (C=O) groups is 1. The summed E-state index contributed by atoms with van der Waals surface area (Å²) < 4.78 is 7.64. The van der Waals surface area contributed by atoms with Crippen LogP contribution >= 0.6 is 11.6 Å². The van der Waals surface area contributed by atoms with Crippen LogP contribution in [0.15, 0.2) is 18.2 Å². The Morgan fingerprint density at radius 3 is 2.95 bits per heavy atom. The molecule has 1 N–H and O–H groups in total. The van der Waals surface area contributed by atoms with Gasteiger partial charge in [0.1, 0.15) is 23.6 Å². The molecule has 0 fully saturated rings. The summed E-state index contributed by atoms with van der Waals surface area (Å²) in [4.78, 5) is 16.3. The van der Waals surface area contributed by atoms with Crippen LogP contribution in [-0.4, -0.2) is 35.0 Å². The smallest absolute Gasteiger partial charge is 0.239 e. The fourth-order valence-corrected chi connectivity index (χ4v) is 2.34. The molecular formula is C15H20ClN3O2. The van der Waals surface area contributed by atoms with Gasteiger partial charge in [0.05, 0.1) is 12.1 Å². The third kappa shape index (κ3) is 3.47. The number of alkyl halides is 1. The molecule has 1 aromatic heterocycles. The van der Waals surface area contributed by atoms with Crippen LogP contribution in [0.5, 0.6) is 5.75 Å². The van der Waals surface area contributed by atoms with Crippen molar-refractivity contribution in [3.63, 3.8) is 0 Å². The maximum absolute atomic E-state index is 11.7. The van der Waals surface area contributed by atoms with Gasteiger partial charge in [0.2, 0.25) is 5.91 Å². The standard InChI is InChI=1S/C15H20ClN3O2/c1-3-9-21-12-6-4-5-11-15(12)18-13(7-8-16)19(11)10-14(20)17-2/h4-6H,3,7-10H2,1-2H3,(H,17,20). The number of ether oxygens (including phenoxy) is 1. The third-order valence-corrected chi connectivity index (χ3v) is 3.37. The number of nitrogens with zero attached hydrogens (tertiary/aromatic N) is 2. The molecule has 2 rings (SSSR count). The van der Waals surface area contributed by atoms with Gasteiger partial charge in [-0.1, -0.05) is 13.0 Å². The van der Waals surface area contributed by atoms with Gasteiger partial charge >= 0.3 is 0 Å². The fourth-order valence-electron chi connectivity index (χ4n) is 2.17. The highest BCUT2D eigenvalue weighted by Gasteiger charge is 2.15. The van der Waals surface area contributed by atoms with Gasteiger partial charge in [-0.3, -0.25) is 4.79 Å². The van der Waals surface area contributed by atoms with E-state index in [1.54, 1.807) is 7.05 Å². The zero-order valence-corrected chi connectivity index (χ0v) is 13.1. The molecule has 6 heteroatoms. The second-order valence-electron chi connectivity index (χ2n) is 4.70. The molecule has 0 radical (unpaired) electrons. The lowest BCUT2D eigenvalue weighted by molar-refractivity contribution is -0.121. The van der Waals surface area contributed by atoms with Gasteiger partial charge in [-0.25, -0.2) is 4.98 Å². The molecule has 1 heterocycles. The predicted octanol–water partition coefficient (Wildman–Crippen LogP) is 2.35. The van der Waals surface area contributed by atoms with Crippen molar-refractivity contribution in [3.05, 3.63) is 24.0 Å². The number of rotatable bonds is 7. The van der Waals surface area contributed by atoms with E-state index >= 15 is 0 Å². The van der Waals surface area contributed by atoms with Gasteiger partial charge in [0, 0.05) is 19.3 Å². The minimum atomic E-state index is -0.0648. The summed E-state index contributed by atoms with van der Waals surface area (Å²) in [6, 6.07) is 5.77. The monoisotopic (exact) mass is 309 g/mol. The highest BCUT2D eigenvalue weighted by atomic mass is 35.5. The number of halogens is 1. The number of aromatic nitrogens is 2. The van der Waals surface area contributed by atoms with E-state index in [4.69, 9.17) is 16.3 Å². The van der Waals surface area contributed by atoms with Gasteiger partial charge in [-0.15, -0.1) is 11.6 Å². The topological polar surface area (TPSA) is 56.2 Å². The third-order valence-electron chi connectivity index (χ3n) is 3.18. The van der Waals surface area contributed by atoms with Crippen molar-refractivity contribution in [2.75, 3.05) is 19.5 Å². The summed E-state index contributed by atoms with van der Waals surface area (Å²) in [6.07, 6.45) is 1.55. The number of benzene rings is 1. The first-order chi connectivity index (χ1) is 10.2. The molecule has 0 spiro atoms. The Bertz CT molecular complexity index is 625. The summed E-state index contributed by atoms with van der Waals surface area (Å²) in [5.74, 6) is 1.95. The first-order valence-electron chi connectivity index (χ1n) is 7.08. The Labute approximate surface area is 129 Å². The van der Waals surface area contributed by atoms with Crippen LogP contribution in [0.2, 0.25) is 0 Å². The van der Waals surface area contributed by atoms with E-state index in [0.29, 0.717) is 18.9 Å². The lowest BCUT2D eigenvalue weighted by Gasteiger charge is -2.08. The van der Waals surface area contributed by atoms with Crippen LogP contribution in [0.1, 0.15) is 19.2 Å². The van der Waals surface area contributed by atoms with E-state index in [9.17, 15) is 4.79 Å². The van der Waals surface area contributed by atoms with Crippen LogP contribution in [0.4, 0.5) is 0 Å². The van der Waals surface area contributed by atoms with Crippen molar-refractivity contribution in [2.24, 2.45) is 0 Å². The quantitative estimate of drug-likeness (QED) is 0.799. The predicted molar refractivity (Wildman–Crippen MR) is 84.0 cm³/mol. The zero-order chi connectivity index (χ0) is 15.2. The van der Waals surface area contributed by atoms with Crippen LogP contribution in [0.25, 0.3) is 11.0 Å². The number of para-hydroxylation sites is 1. The molecule has 0 aliphatic heterocycles. The van der Waals surface area contributed by atoms with E-state index < -0.39 is 0 Å². The number of amides is 1. The van der Waals surface area contributed by atoms with Crippen molar-refractivity contribution < 1.29 is 9.53 Å². The van der Waals surface area contributed by atoms with Crippen LogP contribution in [0, 0.1) is 0 Å². The second-order valence-corrected chi connectivity index (χ2v) is 5.08. The largest absolute Gasteiger partial charge is 0.491 e. The number of carbonyl (C=O) groups excluding carboxylic acids is 1. The Balaban J connectivity index is 2.48. The maximum Gasteiger partial charge on any atom is 0.239 e. The molecule has 0 unspecified atom stereocenters. The summed E-state index contributed by atoms with van der Waals surface area (Å²) >= 11 is 5.84. The second kappa shape index (κ2) is 7.31. The van der Waals surface area contributed by atoms with Gasteiger partial charge in [-0.2, -0.15) is 0 Å². The van der Waals surface area contributed by atoms with E-state index in [2.05, 4.69) is 17.2 Å². The number of nitrogens with one attached hydrogen (secondary N) is 1. The Morgan fingerprint density at radius 1 is 1.48 bits per heavy atom. The molecule has 0 aliphatic rings. The highest BCUT2D eigenvalue weighted by molar-refractivity contribution is 6.17. The molecule has 0 saturated heterocycles.